The molecule has 2 aliphatic heterocycles. The van der Waals surface area contributed by atoms with Crippen molar-refractivity contribution in [1.29, 1.82) is 0 Å². The minimum Gasteiger partial charge on any atom is -0.0917 e. The molecule has 2 unspecified atom stereocenters. The molecule has 0 nitrogen and oxygen atoms in total. The Morgan fingerprint density at radius 3 is 2.03 bits per heavy atom. The average Bonchev–Trinajstić information content (AvgIpc) is 3.42. The lowest BCUT2D eigenvalue weighted by Crippen LogP contribution is -2.44. The summed E-state index contributed by atoms with van der Waals surface area (Å²) in [4.78, 5) is 0. The molecule has 0 N–H and O–H groups in total. The van der Waals surface area contributed by atoms with Crippen molar-refractivity contribution in [1.82, 2.24) is 0 Å². The van der Waals surface area contributed by atoms with E-state index in [9.17, 15) is 0 Å². The lowest BCUT2D eigenvalue weighted by atomic mass is 9.86. The molecule has 4 aliphatic rings. The molecule has 2 saturated heterocycles. The van der Waals surface area contributed by atoms with Gasteiger partial charge in [-0.25, -0.2) is 0 Å². The highest BCUT2D eigenvalue weighted by Crippen LogP contribution is 2.76. The Hall–Kier alpha value is -0.180. The van der Waals surface area contributed by atoms with Gasteiger partial charge in [0.1, 0.15) is 0 Å². The third-order valence-corrected chi connectivity index (χ3v) is 17.9. The smallest absolute Gasteiger partial charge is 0.0404 e. The summed E-state index contributed by atoms with van der Waals surface area (Å²) in [7, 11) is -0.0149. The molecule has 4 rings (SSSR count). The minimum atomic E-state index is -0.0456. The largest absolute Gasteiger partial charge is 0.0917 e. The highest BCUT2D eigenvalue weighted by Gasteiger charge is 2.56. The highest BCUT2D eigenvalue weighted by atomic mass is 31.1. The fourth-order valence-corrected chi connectivity index (χ4v) is 17.2. The van der Waals surface area contributed by atoms with Gasteiger partial charge in [0.05, 0.1) is 0 Å². The van der Waals surface area contributed by atoms with E-state index in [1.807, 2.05) is 5.57 Å². The van der Waals surface area contributed by atoms with Crippen molar-refractivity contribution in [2.75, 3.05) is 0 Å². The molecule has 0 aromatic carbocycles. The zero-order valence-corrected chi connectivity index (χ0v) is 23.1. The summed E-state index contributed by atoms with van der Waals surface area (Å²) in [6.07, 6.45) is 34.9. The average molecular weight is 471 g/mol. The first kappa shape index (κ1) is 24.9. The first-order valence-corrected chi connectivity index (χ1v) is 17.0. The molecule has 0 saturated carbocycles. The van der Waals surface area contributed by atoms with Gasteiger partial charge >= 0.3 is 0 Å². The van der Waals surface area contributed by atoms with Crippen LogP contribution in [0, 0.1) is 0 Å². The first-order chi connectivity index (χ1) is 15.7. The predicted molar refractivity (Wildman–Crippen MR) is 149 cm³/mol. The summed E-state index contributed by atoms with van der Waals surface area (Å²) in [5.74, 6) is 0. The van der Waals surface area contributed by atoms with Crippen LogP contribution in [0.2, 0.25) is 0 Å². The van der Waals surface area contributed by atoms with Crippen molar-refractivity contribution in [2.45, 2.75) is 138 Å². The normalized spacial score (nSPS) is 41.4. The van der Waals surface area contributed by atoms with Crippen molar-refractivity contribution < 1.29 is 0 Å². The van der Waals surface area contributed by atoms with Crippen molar-refractivity contribution >= 4 is 15.8 Å². The Morgan fingerprint density at radius 1 is 0.781 bits per heavy atom. The summed E-state index contributed by atoms with van der Waals surface area (Å²) in [5, 5.41) is 0.334. The zero-order chi connectivity index (χ0) is 22.6. The van der Waals surface area contributed by atoms with Gasteiger partial charge in [-0.3, -0.25) is 0 Å². The Bertz CT molecular complexity index is 707. The van der Waals surface area contributed by atoms with E-state index in [4.69, 9.17) is 0 Å². The van der Waals surface area contributed by atoms with Crippen LogP contribution in [0.25, 0.3) is 0 Å². The third kappa shape index (κ3) is 4.55. The molecule has 178 valence electrons. The van der Waals surface area contributed by atoms with E-state index < -0.39 is 0 Å². The van der Waals surface area contributed by atoms with Crippen LogP contribution >= 0.6 is 15.8 Å². The maximum Gasteiger partial charge on any atom is 0.0404 e. The Kier molecular flexibility index (Phi) is 8.96. The molecule has 0 bridgehead atoms. The maximum absolute atomic E-state index is 2.81. The first-order valence-electron chi connectivity index (χ1n) is 14.0. The monoisotopic (exact) mass is 470 g/mol. The Balaban J connectivity index is 1.89. The molecule has 2 fully saturated rings. The molecule has 0 radical (unpaired) electrons. The van der Waals surface area contributed by atoms with Crippen molar-refractivity contribution in [3.63, 3.8) is 0 Å². The Morgan fingerprint density at radius 2 is 1.41 bits per heavy atom. The molecule has 6 atom stereocenters. The van der Waals surface area contributed by atoms with Crippen LogP contribution in [0.5, 0.6) is 0 Å². The molecule has 2 heteroatoms. The molecule has 0 aromatic rings. The van der Waals surface area contributed by atoms with Gasteiger partial charge in [0.2, 0.25) is 0 Å². The SMILES string of the molecule is CC[C@@H]1CC[C@@H](CC)P1C1C=CC=CC1(/C1=C/C=C\CCCC1)P1[C@H](CC)CC[C@H]1CC. The molecule has 32 heavy (non-hydrogen) atoms. The minimum absolute atomic E-state index is 0.0306. The third-order valence-electron chi connectivity index (χ3n) is 9.15. The van der Waals surface area contributed by atoms with Crippen LogP contribution < -0.4 is 0 Å². The van der Waals surface area contributed by atoms with E-state index in [0.29, 0.717) is 5.16 Å². The van der Waals surface area contributed by atoms with Gasteiger partial charge < -0.3 is 0 Å². The van der Waals surface area contributed by atoms with Crippen LogP contribution in [0.3, 0.4) is 0 Å². The molecular formula is C30H48P2. The quantitative estimate of drug-likeness (QED) is 0.325. The summed E-state index contributed by atoms with van der Waals surface area (Å²) in [5.41, 5.74) is 6.51. The second-order valence-electron chi connectivity index (χ2n) is 10.6. The second-order valence-corrected chi connectivity index (χ2v) is 16.6. The number of rotatable bonds is 7. The van der Waals surface area contributed by atoms with Gasteiger partial charge in [0, 0.05) is 10.8 Å². The lowest BCUT2D eigenvalue weighted by Gasteiger charge is -2.53. The van der Waals surface area contributed by atoms with Crippen LogP contribution in [-0.4, -0.2) is 33.5 Å². The standard InChI is InChI=1S/C30H48P2/c1-5-25-19-20-26(6-2)31(25)29-18-14-15-23-30(29,24-16-12-10-9-11-13-17-24)32-27(7-3)21-22-28(32)8-4/h10,12,14-16,18,23,25-29H,5-9,11,13,17,19-22H2,1-4H3/b12-10-,24-16+/t25-,26-,27-,28-,29?,30?/m1/s1. The number of hydrogen-bond donors (Lipinski definition) is 0. The van der Waals surface area contributed by atoms with E-state index in [2.05, 4.69) is 70.2 Å². The molecule has 2 heterocycles. The maximum atomic E-state index is 2.81. The fraction of sp³-hybridized carbons (Fsp3) is 0.733. The molecule has 0 aromatic heterocycles. The van der Waals surface area contributed by atoms with E-state index in [0.717, 1.165) is 28.3 Å². The number of hydrogen-bond acceptors (Lipinski definition) is 0. The zero-order valence-electron chi connectivity index (χ0n) is 21.3. The molecular weight excluding hydrogens is 422 g/mol. The van der Waals surface area contributed by atoms with Gasteiger partial charge in [0.25, 0.3) is 0 Å². The van der Waals surface area contributed by atoms with E-state index in [-0.39, 0.29) is 15.8 Å². The van der Waals surface area contributed by atoms with Crippen LogP contribution in [-0.2, 0) is 0 Å². The summed E-state index contributed by atoms with van der Waals surface area (Å²) in [6.45, 7) is 9.98. The van der Waals surface area contributed by atoms with Crippen molar-refractivity contribution in [2.24, 2.45) is 0 Å². The van der Waals surface area contributed by atoms with E-state index in [1.54, 1.807) is 0 Å². The molecule has 0 spiro atoms. The van der Waals surface area contributed by atoms with Crippen molar-refractivity contribution in [3.8, 4) is 0 Å². The van der Waals surface area contributed by atoms with Gasteiger partial charge in [0.15, 0.2) is 0 Å². The van der Waals surface area contributed by atoms with Crippen molar-refractivity contribution in [3.05, 3.63) is 48.1 Å². The van der Waals surface area contributed by atoms with E-state index >= 15 is 0 Å². The molecule has 2 aliphatic carbocycles. The summed E-state index contributed by atoms with van der Waals surface area (Å²) in [6, 6.07) is 0. The Labute approximate surface area is 202 Å². The highest BCUT2D eigenvalue weighted by molar-refractivity contribution is 7.66. The summed E-state index contributed by atoms with van der Waals surface area (Å²) < 4.78 is 0. The molecule has 0 amide bonds. The fourth-order valence-electron chi connectivity index (χ4n) is 7.55. The number of allylic oxidation sites excluding steroid dienone is 8. The van der Waals surface area contributed by atoms with Gasteiger partial charge in [-0.1, -0.05) is 91.6 Å². The van der Waals surface area contributed by atoms with Gasteiger partial charge in [-0.05, 0) is 99.7 Å². The predicted octanol–water partition coefficient (Wildman–Crippen LogP) is 9.94. The van der Waals surface area contributed by atoms with Crippen LogP contribution in [0.4, 0.5) is 0 Å². The summed E-state index contributed by atoms with van der Waals surface area (Å²) >= 11 is 0. The van der Waals surface area contributed by atoms with E-state index in [1.165, 1.54) is 77.0 Å². The van der Waals surface area contributed by atoms with Gasteiger partial charge in [-0.2, -0.15) is 0 Å². The second kappa shape index (κ2) is 11.5. The van der Waals surface area contributed by atoms with Gasteiger partial charge in [-0.15, -0.1) is 0 Å². The lowest BCUT2D eigenvalue weighted by molar-refractivity contribution is 0.668. The van der Waals surface area contributed by atoms with Crippen LogP contribution in [0.1, 0.15) is 105 Å². The van der Waals surface area contributed by atoms with Crippen LogP contribution in [0.15, 0.2) is 48.1 Å². The topological polar surface area (TPSA) is 0 Å².